The smallest absolute Gasteiger partial charge is 0.268 e. The lowest BCUT2D eigenvalue weighted by Crippen LogP contribution is -2.38. The summed E-state index contributed by atoms with van der Waals surface area (Å²) in [5.41, 5.74) is 1.79. The van der Waals surface area contributed by atoms with Crippen LogP contribution in [0.4, 0.5) is 5.69 Å². The second-order valence-electron chi connectivity index (χ2n) is 5.28. The molecule has 1 saturated heterocycles. The predicted octanol–water partition coefficient (Wildman–Crippen LogP) is 0.635. The summed E-state index contributed by atoms with van der Waals surface area (Å²) in [6.07, 6.45) is 3.31. The van der Waals surface area contributed by atoms with Crippen molar-refractivity contribution in [3.8, 4) is 0 Å². The highest BCUT2D eigenvalue weighted by atomic mass is 16.6. The first-order valence-electron chi connectivity index (χ1n) is 7.37. The topological polar surface area (TPSA) is 68.9 Å². The third-order valence-electron chi connectivity index (χ3n) is 3.81. The lowest BCUT2D eigenvalue weighted by molar-refractivity contribution is 0.0685. The van der Waals surface area contributed by atoms with Gasteiger partial charge in [-0.1, -0.05) is 12.1 Å². The van der Waals surface area contributed by atoms with Crippen LogP contribution in [0.1, 0.15) is 19.8 Å². The van der Waals surface area contributed by atoms with E-state index in [2.05, 4.69) is 15.2 Å². The van der Waals surface area contributed by atoms with Crippen LogP contribution in [-0.4, -0.2) is 47.9 Å². The predicted molar refractivity (Wildman–Crippen MR) is 78.7 cm³/mol. The van der Waals surface area contributed by atoms with Gasteiger partial charge in [-0.25, -0.2) is 4.68 Å². The number of aromatic nitrogens is 2. The average Bonchev–Trinajstić information content (AvgIpc) is 2.98. The van der Waals surface area contributed by atoms with Crippen LogP contribution in [0.15, 0.2) is 22.2 Å². The van der Waals surface area contributed by atoms with Gasteiger partial charge in [0, 0.05) is 25.6 Å². The van der Waals surface area contributed by atoms with Crippen molar-refractivity contribution in [3.63, 3.8) is 0 Å². The molecule has 7 heteroatoms. The summed E-state index contributed by atoms with van der Waals surface area (Å²) in [4.78, 5) is 19.6. The lowest BCUT2D eigenvalue weighted by atomic mass is 10.1. The summed E-state index contributed by atoms with van der Waals surface area (Å²) in [7, 11) is 0. The fourth-order valence-corrected chi connectivity index (χ4v) is 2.54. The van der Waals surface area contributed by atoms with Crippen molar-refractivity contribution < 1.29 is 9.57 Å². The molecule has 1 unspecified atom stereocenters. The molecule has 0 bridgehead atoms. The van der Waals surface area contributed by atoms with Crippen molar-refractivity contribution in [2.24, 2.45) is 5.16 Å². The molecule has 0 radical (unpaired) electrons. The Hall–Kier alpha value is -1.89. The zero-order valence-corrected chi connectivity index (χ0v) is 12.2. The Kier molecular flexibility index (Phi) is 4.19. The highest BCUT2D eigenvalue weighted by molar-refractivity contribution is 5.85. The van der Waals surface area contributed by atoms with Crippen molar-refractivity contribution >= 4 is 11.4 Å². The zero-order chi connectivity index (χ0) is 14.7. The van der Waals surface area contributed by atoms with Crippen LogP contribution in [0.2, 0.25) is 0 Å². The van der Waals surface area contributed by atoms with E-state index in [1.54, 1.807) is 12.3 Å². The molecule has 114 valence electrons. The molecule has 0 N–H and O–H groups in total. The Morgan fingerprint density at radius 3 is 2.86 bits per heavy atom. The van der Waals surface area contributed by atoms with E-state index < -0.39 is 0 Å². The molecule has 2 aliphatic heterocycles. The largest absolute Gasteiger partial charge is 0.390 e. The Morgan fingerprint density at radius 2 is 2.19 bits per heavy atom. The molecule has 3 rings (SSSR count). The molecule has 3 heterocycles. The maximum atomic E-state index is 12.2. The van der Waals surface area contributed by atoms with E-state index in [1.807, 2.05) is 6.92 Å². The highest BCUT2D eigenvalue weighted by Gasteiger charge is 2.21. The number of hydrogen-bond acceptors (Lipinski definition) is 6. The van der Waals surface area contributed by atoms with Crippen LogP contribution in [0.3, 0.4) is 0 Å². The van der Waals surface area contributed by atoms with E-state index in [-0.39, 0.29) is 11.7 Å². The first-order valence-corrected chi connectivity index (χ1v) is 7.37. The van der Waals surface area contributed by atoms with E-state index in [1.165, 1.54) is 4.68 Å². The van der Waals surface area contributed by atoms with E-state index in [0.29, 0.717) is 19.8 Å². The maximum Gasteiger partial charge on any atom is 0.268 e. The van der Waals surface area contributed by atoms with E-state index >= 15 is 0 Å². The Morgan fingerprint density at radius 1 is 1.38 bits per heavy atom. The molecule has 1 atom stereocenters. The third kappa shape index (κ3) is 3.24. The van der Waals surface area contributed by atoms with Crippen molar-refractivity contribution in [1.29, 1.82) is 0 Å². The van der Waals surface area contributed by atoms with Gasteiger partial charge in [-0.2, -0.15) is 5.10 Å². The van der Waals surface area contributed by atoms with Crippen molar-refractivity contribution in [2.45, 2.75) is 32.4 Å². The molecular weight excluding hydrogens is 272 g/mol. The second-order valence-corrected chi connectivity index (χ2v) is 5.28. The van der Waals surface area contributed by atoms with Gasteiger partial charge < -0.3 is 14.5 Å². The molecule has 1 fully saturated rings. The molecule has 21 heavy (non-hydrogen) atoms. The highest BCUT2D eigenvalue weighted by Crippen LogP contribution is 2.15. The summed E-state index contributed by atoms with van der Waals surface area (Å²) in [5.74, 6) is 0. The van der Waals surface area contributed by atoms with Gasteiger partial charge in [0.2, 0.25) is 0 Å². The van der Waals surface area contributed by atoms with Crippen molar-refractivity contribution in [2.75, 3.05) is 31.2 Å². The molecule has 1 aromatic heterocycles. The van der Waals surface area contributed by atoms with Gasteiger partial charge in [0.1, 0.15) is 0 Å². The summed E-state index contributed by atoms with van der Waals surface area (Å²) in [5, 5.41) is 8.26. The molecule has 2 aliphatic rings. The van der Waals surface area contributed by atoms with Gasteiger partial charge in [0.25, 0.3) is 5.56 Å². The van der Waals surface area contributed by atoms with E-state index in [9.17, 15) is 4.79 Å². The molecule has 7 nitrogen and oxygen atoms in total. The van der Waals surface area contributed by atoms with Crippen LogP contribution in [-0.2, 0) is 16.1 Å². The number of hydrogen-bond donors (Lipinski definition) is 0. The van der Waals surface area contributed by atoms with Crippen LogP contribution < -0.4 is 10.5 Å². The SMILES string of the molecule is CCC1=NOC(Cn2ncc(N3CCOCC3)cc2=O)C1. The zero-order valence-electron chi connectivity index (χ0n) is 12.2. The minimum Gasteiger partial charge on any atom is -0.390 e. The summed E-state index contributed by atoms with van der Waals surface area (Å²) in [6, 6.07) is 1.63. The average molecular weight is 292 g/mol. The fourth-order valence-electron chi connectivity index (χ4n) is 2.54. The van der Waals surface area contributed by atoms with Crippen LogP contribution in [0.5, 0.6) is 0 Å². The van der Waals surface area contributed by atoms with E-state index in [0.717, 1.165) is 37.3 Å². The molecule has 0 aromatic carbocycles. The number of morpholine rings is 1. The number of nitrogens with zero attached hydrogens (tertiary/aromatic N) is 4. The first-order chi connectivity index (χ1) is 10.3. The first kappa shape index (κ1) is 14.1. The van der Waals surface area contributed by atoms with E-state index in [4.69, 9.17) is 9.57 Å². The van der Waals surface area contributed by atoms with Gasteiger partial charge >= 0.3 is 0 Å². The molecule has 0 amide bonds. The number of ether oxygens (including phenoxy) is 1. The quantitative estimate of drug-likeness (QED) is 0.814. The molecule has 0 spiro atoms. The van der Waals surface area contributed by atoms with Gasteiger partial charge in [-0.3, -0.25) is 4.79 Å². The van der Waals surface area contributed by atoms with Gasteiger partial charge in [-0.15, -0.1) is 0 Å². The minimum absolute atomic E-state index is 0.0839. The lowest BCUT2D eigenvalue weighted by Gasteiger charge is -2.28. The Labute approximate surface area is 123 Å². The van der Waals surface area contributed by atoms with Crippen LogP contribution in [0, 0.1) is 0 Å². The van der Waals surface area contributed by atoms with Gasteiger partial charge in [-0.05, 0) is 6.42 Å². The molecule has 0 aliphatic carbocycles. The number of oxime groups is 1. The second kappa shape index (κ2) is 6.26. The van der Waals surface area contributed by atoms with Crippen molar-refractivity contribution in [3.05, 3.63) is 22.6 Å². The third-order valence-corrected chi connectivity index (χ3v) is 3.81. The normalized spacial score (nSPS) is 22.0. The number of anilines is 1. The monoisotopic (exact) mass is 292 g/mol. The molecule has 1 aromatic rings. The summed E-state index contributed by atoms with van der Waals surface area (Å²) in [6.45, 7) is 5.46. The summed E-state index contributed by atoms with van der Waals surface area (Å²) < 4.78 is 6.76. The Balaban J connectivity index is 1.66. The van der Waals surface area contributed by atoms with Gasteiger partial charge in [0.05, 0.1) is 37.4 Å². The summed E-state index contributed by atoms with van der Waals surface area (Å²) >= 11 is 0. The van der Waals surface area contributed by atoms with Crippen LogP contribution >= 0.6 is 0 Å². The minimum atomic E-state index is -0.104. The Bertz CT molecular complexity index is 578. The van der Waals surface area contributed by atoms with Crippen molar-refractivity contribution in [1.82, 2.24) is 9.78 Å². The van der Waals surface area contributed by atoms with Gasteiger partial charge in [0.15, 0.2) is 6.10 Å². The van der Waals surface area contributed by atoms with Crippen LogP contribution in [0.25, 0.3) is 0 Å². The standard InChI is InChI=1S/C14H20N4O3/c1-2-11-7-13(21-16-11)10-18-14(19)8-12(9-15-18)17-3-5-20-6-4-17/h8-9,13H,2-7,10H2,1H3. The molecule has 0 saturated carbocycles. The number of rotatable bonds is 4. The molecular formula is C14H20N4O3. The fraction of sp³-hybridized carbons (Fsp3) is 0.643. The maximum absolute atomic E-state index is 12.2.